The Morgan fingerprint density at radius 1 is 1.36 bits per heavy atom. The van der Waals surface area contributed by atoms with Crippen molar-refractivity contribution in [2.45, 2.75) is 18.5 Å². The van der Waals surface area contributed by atoms with Crippen molar-refractivity contribution >= 4 is 51.4 Å². The summed E-state index contributed by atoms with van der Waals surface area (Å²) in [6.45, 7) is 0.647. The molecule has 0 bridgehead atoms. The number of halogens is 2. The quantitative estimate of drug-likeness (QED) is 0.367. The summed E-state index contributed by atoms with van der Waals surface area (Å²) in [6.07, 6.45) is 0.622. The van der Waals surface area contributed by atoms with Crippen LogP contribution in [0.15, 0.2) is 29.3 Å². The van der Waals surface area contributed by atoms with Crippen LogP contribution < -0.4 is 10.6 Å². The fraction of sp³-hybridized carbons (Fsp3) is 0.562. The largest absolute Gasteiger partial charge is 0.354 e. The number of aliphatic imine (C=N–C) groups is 1. The smallest absolute Gasteiger partial charge is 0.191 e. The molecule has 1 aromatic carbocycles. The average Bonchev–Trinajstić information content (AvgIpc) is 2.86. The molecule has 2 N–H and O–H groups in total. The van der Waals surface area contributed by atoms with Crippen molar-refractivity contribution in [1.82, 2.24) is 15.5 Å². The molecule has 1 aliphatic rings. The molecule has 25 heavy (non-hydrogen) atoms. The lowest BCUT2D eigenvalue weighted by Crippen LogP contribution is -2.46. The second-order valence-electron chi connectivity index (χ2n) is 6.23. The average molecular weight is 501 g/mol. The van der Waals surface area contributed by atoms with E-state index in [1.54, 1.807) is 7.05 Å². The molecule has 9 heteroatoms. The van der Waals surface area contributed by atoms with Crippen LogP contribution in [0, 0.1) is 0 Å². The Morgan fingerprint density at radius 3 is 2.48 bits per heavy atom. The van der Waals surface area contributed by atoms with Crippen LogP contribution in [0.1, 0.15) is 18.0 Å². The fourth-order valence-corrected chi connectivity index (χ4v) is 4.57. The molecule has 6 nitrogen and oxygen atoms in total. The summed E-state index contributed by atoms with van der Waals surface area (Å²) >= 11 is 5.96. The van der Waals surface area contributed by atoms with E-state index in [4.69, 9.17) is 11.6 Å². The number of hydrogen-bond donors (Lipinski definition) is 2. The molecule has 0 aromatic heterocycles. The van der Waals surface area contributed by atoms with Gasteiger partial charge in [0.1, 0.15) is 0 Å². The number of nitrogens with one attached hydrogen (secondary N) is 2. The predicted octanol–water partition coefficient (Wildman–Crippen LogP) is 1.91. The van der Waals surface area contributed by atoms with Crippen molar-refractivity contribution in [2.75, 3.05) is 39.2 Å². The van der Waals surface area contributed by atoms with Crippen molar-refractivity contribution in [3.05, 3.63) is 34.9 Å². The highest BCUT2D eigenvalue weighted by Gasteiger charge is 2.28. The SMILES string of the molecule is CN=C(NCC(c1ccc(Cl)cc1)N(C)C)NC1CCS(=O)(=O)C1.I. The summed E-state index contributed by atoms with van der Waals surface area (Å²) in [5.41, 5.74) is 1.15. The third kappa shape index (κ3) is 6.92. The van der Waals surface area contributed by atoms with Gasteiger partial charge in [-0.15, -0.1) is 24.0 Å². The molecule has 0 amide bonds. The zero-order chi connectivity index (χ0) is 17.7. The van der Waals surface area contributed by atoms with Gasteiger partial charge in [0.25, 0.3) is 0 Å². The molecule has 1 heterocycles. The maximum atomic E-state index is 11.6. The van der Waals surface area contributed by atoms with Gasteiger partial charge in [-0.2, -0.15) is 0 Å². The molecule has 1 aromatic rings. The lowest BCUT2D eigenvalue weighted by atomic mass is 10.1. The molecule has 0 aliphatic carbocycles. The molecule has 2 rings (SSSR count). The van der Waals surface area contributed by atoms with Crippen LogP contribution in [0.25, 0.3) is 0 Å². The van der Waals surface area contributed by atoms with E-state index >= 15 is 0 Å². The van der Waals surface area contributed by atoms with E-state index < -0.39 is 9.84 Å². The zero-order valence-electron chi connectivity index (χ0n) is 14.7. The molecule has 1 fully saturated rings. The number of hydrogen-bond acceptors (Lipinski definition) is 4. The first-order valence-corrected chi connectivity index (χ1v) is 10.1. The van der Waals surface area contributed by atoms with Crippen molar-refractivity contribution in [3.63, 3.8) is 0 Å². The summed E-state index contributed by atoms with van der Waals surface area (Å²) in [5, 5.41) is 7.20. The molecular formula is C16H26ClIN4O2S. The molecule has 1 aliphatic heterocycles. The van der Waals surface area contributed by atoms with E-state index in [0.717, 1.165) is 5.56 Å². The minimum Gasteiger partial charge on any atom is -0.354 e. The first-order chi connectivity index (χ1) is 11.3. The third-order valence-corrected chi connectivity index (χ3v) is 6.16. The van der Waals surface area contributed by atoms with Gasteiger partial charge in [0.2, 0.25) is 0 Å². The Hall–Kier alpha value is -0.580. The van der Waals surface area contributed by atoms with Crippen molar-refractivity contribution in [2.24, 2.45) is 4.99 Å². The predicted molar refractivity (Wildman–Crippen MR) is 115 cm³/mol. The number of nitrogens with zero attached hydrogens (tertiary/aromatic N) is 2. The van der Waals surface area contributed by atoms with Gasteiger partial charge in [0, 0.05) is 24.7 Å². The van der Waals surface area contributed by atoms with Crippen molar-refractivity contribution in [3.8, 4) is 0 Å². The summed E-state index contributed by atoms with van der Waals surface area (Å²) < 4.78 is 23.1. The fourth-order valence-electron chi connectivity index (χ4n) is 2.77. The molecule has 0 spiro atoms. The maximum absolute atomic E-state index is 11.6. The van der Waals surface area contributed by atoms with Gasteiger partial charge in [0.05, 0.1) is 17.5 Å². The van der Waals surface area contributed by atoms with Crippen LogP contribution in [-0.4, -0.2) is 64.5 Å². The Morgan fingerprint density at radius 2 is 2.00 bits per heavy atom. The molecule has 0 radical (unpaired) electrons. The van der Waals surface area contributed by atoms with E-state index in [9.17, 15) is 8.42 Å². The van der Waals surface area contributed by atoms with Crippen LogP contribution in [0.5, 0.6) is 0 Å². The van der Waals surface area contributed by atoms with Gasteiger partial charge in [-0.1, -0.05) is 23.7 Å². The first kappa shape index (κ1) is 22.5. The van der Waals surface area contributed by atoms with Gasteiger partial charge < -0.3 is 15.5 Å². The van der Waals surface area contributed by atoms with E-state index in [-0.39, 0.29) is 47.6 Å². The van der Waals surface area contributed by atoms with Crippen LogP contribution in [0.2, 0.25) is 5.02 Å². The van der Waals surface area contributed by atoms with E-state index in [2.05, 4.69) is 20.5 Å². The molecule has 1 saturated heterocycles. The van der Waals surface area contributed by atoms with Crippen molar-refractivity contribution < 1.29 is 8.42 Å². The normalized spacial score (nSPS) is 20.8. The number of benzene rings is 1. The minimum absolute atomic E-state index is 0. The van der Waals surface area contributed by atoms with E-state index in [1.807, 2.05) is 38.4 Å². The van der Waals surface area contributed by atoms with Gasteiger partial charge in [-0.25, -0.2) is 8.42 Å². The summed E-state index contributed by atoms with van der Waals surface area (Å²) in [6, 6.07) is 7.85. The minimum atomic E-state index is -2.91. The maximum Gasteiger partial charge on any atom is 0.191 e. The Bertz CT molecular complexity index is 680. The first-order valence-electron chi connectivity index (χ1n) is 7.90. The van der Waals surface area contributed by atoms with Gasteiger partial charge in [-0.3, -0.25) is 4.99 Å². The number of sulfone groups is 1. The second-order valence-corrected chi connectivity index (χ2v) is 8.89. The van der Waals surface area contributed by atoms with Gasteiger partial charge in [-0.05, 0) is 38.2 Å². The lowest BCUT2D eigenvalue weighted by molar-refractivity contribution is 0.298. The number of guanidine groups is 1. The standard InChI is InChI=1S/C16H25ClN4O2S.HI/c1-18-16(20-14-8-9-24(22,23)11-14)19-10-15(21(2)3)12-4-6-13(17)7-5-12;/h4-7,14-15H,8-11H2,1-3H3,(H2,18,19,20);1H. The topological polar surface area (TPSA) is 73.8 Å². The Balaban J connectivity index is 0.00000312. The Kier molecular flexibility index (Phi) is 8.93. The monoisotopic (exact) mass is 500 g/mol. The second kappa shape index (κ2) is 9.94. The molecular weight excluding hydrogens is 475 g/mol. The molecule has 2 atom stereocenters. The number of likely N-dealkylation sites (N-methyl/N-ethyl adjacent to an activating group) is 1. The van der Waals surface area contributed by atoms with Crippen LogP contribution >= 0.6 is 35.6 Å². The van der Waals surface area contributed by atoms with Crippen LogP contribution in [-0.2, 0) is 9.84 Å². The highest BCUT2D eigenvalue weighted by atomic mass is 127. The van der Waals surface area contributed by atoms with Crippen molar-refractivity contribution in [1.29, 1.82) is 0 Å². The molecule has 142 valence electrons. The highest BCUT2D eigenvalue weighted by molar-refractivity contribution is 14.0. The number of rotatable bonds is 5. The third-order valence-electron chi connectivity index (χ3n) is 4.14. The zero-order valence-corrected chi connectivity index (χ0v) is 18.6. The Labute approximate surface area is 172 Å². The molecule has 0 saturated carbocycles. The van der Waals surface area contributed by atoms with E-state index in [1.165, 1.54) is 0 Å². The lowest BCUT2D eigenvalue weighted by Gasteiger charge is -2.26. The van der Waals surface area contributed by atoms with Gasteiger partial charge >= 0.3 is 0 Å². The van der Waals surface area contributed by atoms with Crippen LogP contribution in [0.3, 0.4) is 0 Å². The highest BCUT2D eigenvalue weighted by Crippen LogP contribution is 2.19. The summed E-state index contributed by atoms with van der Waals surface area (Å²) in [7, 11) is 2.81. The molecule has 2 unspecified atom stereocenters. The van der Waals surface area contributed by atoms with E-state index in [0.29, 0.717) is 23.9 Å². The summed E-state index contributed by atoms with van der Waals surface area (Å²) in [4.78, 5) is 6.31. The van der Waals surface area contributed by atoms with Crippen LogP contribution in [0.4, 0.5) is 0 Å². The summed E-state index contributed by atoms with van der Waals surface area (Å²) in [5.74, 6) is 1.03. The van der Waals surface area contributed by atoms with Gasteiger partial charge in [0.15, 0.2) is 15.8 Å².